The first kappa shape index (κ1) is 32.5. The molecule has 0 bridgehead atoms. The van der Waals surface area contributed by atoms with E-state index in [9.17, 15) is 41.9 Å². The molecule has 0 aliphatic carbocycles. The molecule has 5 N–H and O–H groups in total. The Hall–Kier alpha value is -5.04. The zero-order valence-corrected chi connectivity index (χ0v) is 22.7. The highest BCUT2D eigenvalue weighted by Crippen LogP contribution is 2.30. The number of carboxylic acid groups (broad SMARTS) is 1. The van der Waals surface area contributed by atoms with Crippen molar-refractivity contribution in [2.45, 2.75) is 25.1 Å². The van der Waals surface area contributed by atoms with E-state index in [1.807, 2.05) is 6.07 Å². The fourth-order valence-electron chi connectivity index (χ4n) is 3.88. The van der Waals surface area contributed by atoms with Crippen LogP contribution in [0.1, 0.15) is 33.6 Å². The van der Waals surface area contributed by atoms with Gasteiger partial charge in [0.2, 0.25) is 5.78 Å². The minimum absolute atomic E-state index is 0.0343. The number of nitrogens with one attached hydrogen (secondary N) is 1. The van der Waals surface area contributed by atoms with E-state index in [4.69, 9.17) is 15.6 Å². The number of carbonyl (C=O) groups excluding carboxylic acids is 2. The molecule has 4 rings (SSSR count). The number of phenolic OH excluding ortho intramolecular Hbond substituents is 1. The van der Waals surface area contributed by atoms with Gasteiger partial charge in [-0.2, -0.15) is 18.4 Å². The predicted molar refractivity (Wildman–Crippen MR) is 145 cm³/mol. The zero-order valence-electron chi connectivity index (χ0n) is 21.9. The maximum atomic E-state index is 14.0. The number of hydrogen-bond acceptors (Lipinski definition) is 9. The molecular formula is C27H22F5N5O5S. The third-order valence-electron chi connectivity index (χ3n) is 5.93. The van der Waals surface area contributed by atoms with E-state index in [-0.39, 0.29) is 28.1 Å². The summed E-state index contributed by atoms with van der Waals surface area (Å²) in [5, 5.41) is 29.7. The number of aliphatic carboxylic acids is 1. The number of aromatic hydroxyl groups is 1. The molecule has 0 saturated carbocycles. The van der Waals surface area contributed by atoms with Gasteiger partial charge in [0, 0.05) is 19.1 Å². The third-order valence-corrected chi connectivity index (χ3v) is 6.93. The molecule has 1 aliphatic rings. The van der Waals surface area contributed by atoms with Crippen molar-refractivity contribution in [2.75, 3.05) is 24.1 Å². The number of phenols is 1. The number of rotatable bonds is 6. The Balaban J connectivity index is 0.000000646. The zero-order chi connectivity index (χ0) is 31.9. The van der Waals surface area contributed by atoms with Crippen LogP contribution in [0.5, 0.6) is 5.75 Å². The standard InChI is InChI=1S/C25H21F2N5O3S.C2HF3O2/c26-18-5-2-6-19(27)20(18)21(34)22-23(29)31-25(36-22)30-16-7-9-32(10-8-16)24(35)15(13-28)11-14-3-1-4-17(33)12-14;3-2(4,5)1(6)7/h1-6,11-12,16,33H,7-10,29H2,(H,30,31);(H,6,7). The fraction of sp³-hybridized carbons (Fsp3) is 0.222. The molecule has 16 heteroatoms. The van der Waals surface area contributed by atoms with Gasteiger partial charge in [-0.25, -0.2) is 18.6 Å². The van der Waals surface area contributed by atoms with Crippen molar-refractivity contribution in [2.24, 2.45) is 0 Å². The fourth-order valence-corrected chi connectivity index (χ4v) is 4.79. The summed E-state index contributed by atoms with van der Waals surface area (Å²) < 4.78 is 59.8. The van der Waals surface area contributed by atoms with Crippen LogP contribution in [-0.2, 0) is 9.59 Å². The number of anilines is 2. The second-order valence-corrected chi connectivity index (χ2v) is 9.94. The Morgan fingerprint density at radius 3 is 2.23 bits per heavy atom. The topological polar surface area (TPSA) is 170 Å². The number of thiazole rings is 1. The maximum Gasteiger partial charge on any atom is 0.490 e. The van der Waals surface area contributed by atoms with Crippen molar-refractivity contribution in [3.05, 3.63) is 75.7 Å². The van der Waals surface area contributed by atoms with Gasteiger partial charge in [-0.3, -0.25) is 9.59 Å². The summed E-state index contributed by atoms with van der Waals surface area (Å²) in [6, 6.07) is 11.3. The minimum Gasteiger partial charge on any atom is -0.508 e. The highest BCUT2D eigenvalue weighted by atomic mass is 32.1. The van der Waals surface area contributed by atoms with Crippen LogP contribution < -0.4 is 11.1 Å². The summed E-state index contributed by atoms with van der Waals surface area (Å²) in [4.78, 5) is 40.0. The number of piperidine rings is 1. The number of carbonyl (C=O) groups is 3. The molecule has 3 aromatic rings. The number of ketones is 1. The third kappa shape index (κ3) is 8.49. The van der Waals surface area contributed by atoms with Crippen LogP contribution in [0, 0.1) is 23.0 Å². The van der Waals surface area contributed by atoms with Crippen LogP contribution in [0.4, 0.5) is 32.9 Å². The molecule has 226 valence electrons. The summed E-state index contributed by atoms with van der Waals surface area (Å²) >= 11 is 0.908. The van der Waals surface area contributed by atoms with E-state index in [2.05, 4.69) is 10.3 Å². The number of nitrogens with zero attached hydrogens (tertiary/aromatic N) is 3. The van der Waals surface area contributed by atoms with E-state index in [0.717, 1.165) is 23.5 Å². The van der Waals surface area contributed by atoms with Crippen LogP contribution in [0.25, 0.3) is 6.08 Å². The molecule has 10 nitrogen and oxygen atoms in total. The smallest absolute Gasteiger partial charge is 0.490 e. The van der Waals surface area contributed by atoms with Gasteiger partial charge >= 0.3 is 12.1 Å². The summed E-state index contributed by atoms with van der Waals surface area (Å²) in [6.45, 7) is 0.755. The molecule has 1 amide bonds. The lowest BCUT2D eigenvalue weighted by molar-refractivity contribution is -0.192. The second-order valence-electron chi connectivity index (χ2n) is 8.94. The number of nitriles is 1. The van der Waals surface area contributed by atoms with Gasteiger partial charge in [0.05, 0.1) is 5.56 Å². The van der Waals surface area contributed by atoms with Crippen LogP contribution in [0.15, 0.2) is 48.0 Å². The van der Waals surface area contributed by atoms with Gasteiger partial charge in [0.1, 0.15) is 39.7 Å². The molecule has 1 aromatic heterocycles. The van der Waals surface area contributed by atoms with Crippen LogP contribution in [-0.4, -0.2) is 63.1 Å². The lowest BCUT2D eigenvalue weighted by Crippen LogP contribution is -2.42. The molecule has 43 heavy (non-hydrogen) atoms. The van der Waals surface area contributed by atoms with Gasteiger partial charge in [-0.1, -0.05) is 29.5 Å². The number of nitrogen functional groups attached to an aromatic ring is 1. The largest absolute Gasteiger partial charge is 0.508 e. The van der Waals surface area contributed by atoms with Gasteiger partial charge in [0.15, 0.2) is 5.13 Å². The van der Waals surface area contributed by atoms with Gasteiger partial charge in [0.25, 0.3) is 5.91 Å². The van der Waals surface area contributed by atoms with Crippen molar-refractivity contribution >= 4 is 46.0 Å². The lowest BCUT2D eigenvalue weighted by atomic mass is 10.0. The molecule has 0 atom stereocenters. The molecular weight excluding hydrogens is 601 g/mol. The lowest BCUT2D eigenvalue weighted by Gasteiger charge is -2.32. The summed E-state index contributed by atoms with van der Waals surface area (Å²) in [5.41, 5.74) is 5.68. The normalized spacial score (nSPS) is 13.9. The van der Waals surface area contributed by atoms with Crippen molar-refractivity contribution < 1.29 is 46.5 Å². The average Bonchev–Trinajstić information content (AvgIpc) is 3.31. The number of nitrogens with two attached hydrogens (primary N) is 1. The molecule has 2 heterocycles. The van der Waals surface area contributed by atoms with Crippen molar-refractivity contribution in [1.82, 2.24) is 9.88 Å². The quantitative estimate of drug-likeness (QED) is 0.133. The number of amides is 1. The monoisotopic (exact) mass is 623 g/mol. The highest BCUT2D eigenvalue weighted by Gasteiger charge is 2.38. The van der Waals surface area contributed by atoms with E-state index < -0.39 is 41.0 Å². The first-order valence-corrected chi connectivity index (χ1v) is 13.0. The Morgan fingerprint density at radius 1 is 1.12 bits per heavy atom. The Morgan fingerprint density at radius 2 is 1.70 bits per heavy atom. The van der Waals surface area contributed by atoms with E-state index in [1.54, 1.807) is 17.0 Å². The molecule has 0 radical (unpaired) electrons. The molecule has 0 unspecified atom stereocenters. The first-order valence-electron chi connectivity index (χ1n) is 12.2. The Labute approximate surface area is 244 Å². The number of benzene rings is 2. The number of alkyl halides is 3. The van der Waals surface area contributed by atoms with Crippen molar-refractivity contribution in [3.8, 4) is 11.8 Å². The molecule has 1 fully saturated rings. The van der Waals surface area contributed by atoms with Gasteiger partial charge < -0.3 is 26.2 Å². The van der Waals surface area contributed by atoms with E-state index >= 15 is 0 Å². The highest BCUT2D eigenvalue weighted by molar-refractivity contribution is 7.18. The predicted octanol–water partition coefficient (Wildman–Crippen LogP) is 4.58. The Kier molecular flexibility index (Phi) is 10.4. The SMILES string of the molecule is N#CC(=Cc1cccc(O)c1)C(=O)N1CCC(Nc2nc(N)c(C(=O)c3c(F)cccc3F)s2)CC1.O=C(O)C(F)(F)F. The maximum absolute atomic E-state index is 14.0. The average molecular weight is 624 g/mol. The van der Waals surface area contributed by atoms with Crippen molar-refractivity contribution in [3.63, 3.8) is 0 Å². The molecule has 1 saturated heterocycles. The van der Waals surface area contributed by atoms with Gasteiger partial charge in [-0.05, 0) is 48.7 Å². The molecule has 1 aliphatic heterocycles. The number of halogens is 5. The Bertz CT molecular complexity index is 1570. The van der Waals surface area contributed by atoms with Crippen LogP contribution in [0.3, 0.4) is 0 Å². The van der Waals surface area contributed by atoms with Crippen molar-refractivity contribution in [1.29, 1.82) is 5.26 Å². The summed E-state index contributed by atoms with van der Waals surface area (Å²) in [6.07, 6.45) is -2.57. The number of likely N-dealkylation sites (tertiary alicyclic amines) is 1. The summed E-state index contributed by atoms with van der Waals surface area (Å²) in [7, 11) is 0. The van der Waals surface area contributed by atoms with Gasteiger partial charge in [-0.15, -0.1) is 0 Å². The minimum atomic E-state index is -5.08. The molecule has 2 aromatic carbocycles. The first-order chi connectivity index (χ1) is 20.2. The van der Waals surface area contributed by atoms with E-state index in [1.165, 1.54) is 24.3 Å². The molecule has 0 spiro atoms. The number of aromatic nitrogens is 1. The second kappa shape index (κ2) is 13.7. The van der Waals surface area contributed by atoms with E-state index in [0.29, 0.717) is 36.6 Å². The summed E-state index contributed by atoms with van der Waals surface area (Å²) in [5.74, 6) is -6.09. The van der Waals surface area contributed by atoms with Crippen LogP contribution in [0.2, 0.25) is 0 Å². The van der Waals surface area contributed by atoms with Crippen LogP contribution >= 0.6 is 11.3 Å². The number of carboxylic acids is 1. The number of hydrogen-bond donors (Lipinski definition) is 4.